The van der Waals surface area contributed by atoms with Gasteiger partial charge in [-0.25, -0.2) is 0 Å². The van der Waals surface area contributed by atoms with Gasteiger partial charge in [0.2, 0.25) is 0 Å². The number of rotatable bonds is 3. The Morgan fingerprint density at radius 3 is 2.67 bits per heavy atom. The van der Waals surface area contributed by atoms with Crippen molar-refractivity contribution in [1.82, 2.24) is 4.90 Å². The summed E-state index contributed by atoms with van der Waals surface area (Å²) in [7, 11) is 0. The van der Waals surface area contributed by atoms with Crippen molar-refractivity contribution in [2.45, 2.75) is 32.1 Å². The zero-order chi connectivity index (χ0) is 14.8. The minimum atomic E-state index is -0.153. The Hall–Kier alpha value is -0.780. The first kappa shape index (κ1) is 15.1. The topological polar surface area (TPSA) is 37.4 Å². The van der Waals surface area contributed by atoms with Gasteiger partial charge in [0, 0.05) is 11.4 Å². The van der Waals surface area contributed by atoms with Crippen molar-refractivity contribution in [2.24, 2.45) is 5.92 Å². The number of carbonyl (C=O) groups is 2. The summed E-state index contributed by atoms with van der Waals surface area (Å²) in [5.74, 6) is 0.322. The van der Waals surface area contributed by atoms with Gasteiger partial charge in [-0.1, -0.05) is 30.9 Å². The molecular formula is C15H16ClNO2S2. The Morgan fingerprint density at radius 2 is 2.00 bits per heavy atom. The molecule has 0 radical (unpaired) electrons. The van der Waals surface area contributed by atoms with Gasteiger partial charge >= 0.3 is 0 Å². The zero-order valence-corrected chi connectivity index (χ0v) is 13.9. The summed E-state index contributed by atoms with van der Waals surface area (Å²) >= 11 is 8.33. The third-order valence-electron chi connectivity index (χ3n) is 3.91. The van der Waals surface area contributed by atoms with Crippen molar-refractivity contribution >= 4 is 51.9 Å². The van der Waals surface area contributed by atoms with Crippen LogP contribution in [-0.4, -0.2) is 22.6 Å². The Bertz CT molecular complexity index is 590. The molecule has 0 bridgehead atoms. The van der Waals surface area contributed by atoms with Crippen LogP contribution in [-0.2, 0) is 4.79 Å². The summed E-state index contributed by atoms with van der Waals surface area (Å²) in [4.78, 5) is 27.3. The van der Waals surface area contributed by atoms with E-state index in [0.29, 0.717) is 21.7 Å². The van der Waals surface area contributed by atoms with Crippen LogP contribution in [0.3, 0.4) is 0 Å². The van der Waals surface area contributed by atoms with Crippen LogP contribution in [0.5, 0.6) is 0 Å². The smallest absolute Gasteiger partial charge is 0.268 e. The fourth-order valence-corrected chi connectivity index (χ4v) is 4.74. The molecule has 1 aliphatic carbocycles. The molecule has 0 spiro atoms. The lowest BCUT2D eigenvalue weighted by molar-refractivity contribution is -0.123. The maximum absolute atomic E-state index is 12.4. The molecule has 2 aliphatic rings. The molecule has 2 amide bonds. The summed E-state index contributed by atoms with van der Waals surface area (Å²) in [6, 6.07) is 3.66. The number of carbonyl (C=O) groups excluding carboxylic acids is 2. The number of amides is 2. The fourth-order valence-electron chi connectivity index (χ4n) is 2.82. The van der Waals surface area contributed by atoms with E-state index in [1.54, 1.807) is 12.1 Å². The van der Waals surface area contributed by atoms with Gasteiger partial charge in [-0.05, 0) is 48.7 Å². The fraction of sp³-hybridized carbons (Fsp3) is 0.467. The highest BCUT2D eigenvalue weighted by atomic mass is 35.5. The van der Waals surface area contributed by atoms with Gasteiger partial charge < -0.3 is 0 Å². The lowest BCUT2D eigenvalue weighted by Gasteiger charge is -2.25. The maximum atomic E-state index is 12.4. The first-order chi connectivity index (χ1) is 10.1. The van der Waals surface area contributed by atoms with E-state index in [2.05, 4.69) is 0 Å². The first-order valence-electron chi connectivity index (χ1n) is 7.14. The van der Waals surface area contributed by atoms with Crippen molar-refractivity contribution in [3.63, 3.8) is 0 Å². The van der Waals surface area contributed by atoms with Crippen molar-refractivity contribution in [3.05, 3.63) is 26.3 Å². The van der Waals surface area contributed by atoms with Gasteiger partial charge in [0.25, 0.3) is 11.1 Å². The molecule has 1 aromatic rings. The lowest BCUT2D eigenvalue weighted by Crippen LogP contribution is -2.34. The van der Waals surface area contributed by atoms with Crippen LogP contribution in [0.15, 0.2) is 17.0 Å². The Balaban J connectivity index is 1.71. The number of halogens is 1. The van der Waals surface area contributed by atoms with E-state index in [9.17, 15) is 9.59 Å². The second-order valence-electron chi connectivity index (χ2n) is 5.44. The van der Waals surface area contributed by atoms with Gasteiger partial charge in [0.15, 0.2) is 0 Å². The monoisotopic (exact) mass is 341 g/mol. The molecule has 0 aromatic carbocycles. The predicted octanol–water partition coefficient (Wildman–Crippen LogP) is 5.02. The van der Waals surface area contributed by atoms with Crippen molar-refractivity contribution in [1.29, 1.82) is 0 Å². The van der Waals surface area contributed by atoms with Crippen LogP contribution in [0.4, 0.5) is 4.79 Å². The maximum Gasteiger partial charge on any atom is 0.293 e. The summed E-state index contributed by atoms with van der Waals surface area (Å²) in [5.41, 5.74) is 0. The second-order valence-corrected chi connectivity index (χ2v) is 8.18. The highest BCUT2D eigenvalue weighted by Gasteiger charge is 2.36. The molecule has 0 N–H and O–H groups in total. The molecular weight excluding hydrogens is 326 g/mol. The zero-order valence-electron chi connectivity index (χ0n) is 11.5. The quantitative estimate of drug-likeness (QED) is 0.724. The summed E-state index contributed by atoms with van der Waals surface area (Å²) in [6.45, 7) is 0.577. The number of nitrogens with zero attached hydrogens (tertiary/aromatic N) is 1. The number of hydrogen-bond acceptors (Lipinski definition) is 4. The molecule has 3 rings (SSSR count). The lowest BCUT2D eigenvalue weighted by atomic mass is 9.89. The van der Waals surface area contributed by atoms with Crippen LogP contribution >= 0.6 is 34.7 Å². The normalized spacial score (nSPS) is 22.5. The number of thiophene rings is 1. The summed E-state index contributed by atoms with van der Waals surface area (Å²) in [5, 5.41) is -0.139. The molecule has 0 unspecified atom stereocenters. The minimum Gasteiger partial charge on any atom is -0.268 e. The van der Waals surface area contributed by atoms with Crippen molar-refractivity contribution in [3.8, 4) is 0 Å². The van der Waals surface area contributed by atoms with Gasteiger partial charge in [-0.2, -0.15) is 0 Å². The highest BCUT2D eigenvalue weighted by molar-refractivity contribution is 8.18. The van der Waals surface area contributed by atoms with Crippen LogP contribution in [0.1, 0.15) is 37.0 Å². The number of thioether (sulfide) groups is 1. The highest BCUT2D eigenvalue weighted by Crippen LogP contribution is 2.36. The van der Waals surface area contributed by atoms with Crippen LogP contribution in [0, 0.1) is 5.92 Å². The van der Waals surface area contributed by atoms with E-state index in [0.717, 1.165) is 29.5 Å². The Kier molecular flexibility index (Phi) is 4.72. The molecule has 1 saturated carbocycles. The van der Waals surface area contributed by atoms with E-state index in [4.69, 9.17) is 11.6 Å². The summed E-state index contributed by atoms with van der Waals surface area (Å²) < 4.78 is 0.683. The van der Waals surface area contributed by atoms with Crippen molar-refractivity contribution in [2.75, 3.05) is 6.54 Å². The van der Waals surface area contributed by atoms with Gasteiger partial charge in [-0.3, -0.25) is 14.5 Å². The molecule has 1 aliphatic heterocycles. The molecule has 21 heavy (non-hydrogen) atoms. The standard InChI is InChI=1S/C15H16ClNO2S2/c16-13-7-6-11(20-13)8-12-14(18)17(15(19)21-12)9-10-4-2-1-3-5-10/h6-8,10H,1-5,9H2/b12-8+. The van der Waals surface area contributed by atoms with E-state index < -0.39 is 0 Å². The largest absolute Gasteiger partial charge is 0.293 e. The van der Waals surface area contributed by atoms with E-state index in [-0.39, 0.29) is 11.1 Å². The second kappa shape index (κ2) is 6.55. The van der Waals surface area contributed by atoms with Gasteiger partial charge in [0.1, 0.15) is 0 Å². The van der Waals surface area contributed by atoms with Crippen molar-refractivity contribution < 1.29 is 9.59 Å². The molecule has 112 valence electrons. The van der Waals surface area contributed by atoms with E-state index in [1.807, 2.05) is 6.07 Å². The number of hydrogen-bond donors (Lipinski definition) is 0. The predicted molar refractivity (Wildman–Crippen MR) is 88.6 cm³/mol. The minimum absolute atomic E-state index is 0.139. The molecule has 2 heterocycles. The van der Waals surface area contributed by atoms with Gasteiger partial charge in [0.05, 0.1) is 9.24 Å². The number of imide groups is 1. The SMILES string of the molecule is O=C1S/C(=C/c2ccc(Cl)s2)C(=O)N1CC1CCCCC1. The average Bonchev–Trinajstić information content (AvgIpc) is 2.99. The molecule has 6 heteroatoms. The van der Waals surface area contributed by atoms with Crippen LogP contribution in [0.2, 0.25) is 4.34 Å². The molecule has 0 atom stereocenters. The average molecular weight is 342 g/mol. The molecule has 2 fully saturated rings. The Labute approximate surface area is 137 Å². The Morgan fingerprint density at radius 1 is 1.24 bits per heavy atom. The first-order valence-corrected chi connectivity index (χ1v) is 9.15. The molecule has 3 nitrogen and oxygen atoms in total. The third-order valence-corrected chi connectivity index (χ3v) is 5.99. The van der Waals surface area contributed by atoms with Gasteiger partial charge in [-0.15, -0.1) is 11.3 Å². The third kappa shape index (κ3) is 3.52. The molecule has 1 saturated heterocycles. The van der Waals surface area contributed by atoms with Crippen LogP contribution < -0.4 is 0 Å². The van der Waals surface area contributed by atoms with E-state index in [1.165, 1.54) is 35.5 Å². The van der Waals surface area contributed by atoms with E-state index >= 15 is 0 Å². The molecule has 1 aromatic heterocycles. The van der Waals surface area contributed by atoms with Crippen LogP contribution in [0.25, 0.3) is 6.08 Å². The summed E-state index contributed by atoms with van der Waals surface area (Å²) in [6.07, 6.45) is 7.72.